The number of rotatable bonds is 6. The molecular formula is C15H17NO4S. The third-order valence-corrected chi connectivity index (χ3v) is 3.74. The molecule has 0 saturated carbocycles. The Labute approximate surface area is 127 Å². The number of ether oxygens (including phenoxy) is 3. The summed E-state index contributed by atoms with van der Waals surface area (Å²) in [7, 11) is 4.61. The molecule has 0 aliphatic rings. The van der Waals surface area contributed by atoms with Crippen LogP contribution in [0.1, 0.15) is 4.88 Å². The molecule has 6 heteroatoms. The minimum absolute atomic E-state index is 0.0910. The van der Waals surface area contributed by atoms with Crippen LogP contribution in [0.15, 0.2) is 29.6 Å². The summed E-state index contributed by atoms with van der Waals surface area (Å²) in [6, 6.07) is 7.26. The Morgan fingerprint density at radius 1 is 1.14 bits per heavy atom. The fraction of sp³-hybridized carbons (Fsp3) is 0.267. The van der Waals surface area contributed by atoms with Crippen LogP contribution in [0.2, 0.25) is 0 Å². The first kappa shape index (κ1) is 15.2. The number of amides is 1. The number of carbonyl (C=O) groups is 1. The van der Waals surface area contributed by atoms with E-state index in [1.807, 2.05) is 17.5 Å². The van der Waals surface area contributed by atoms with Gasteiger partial charge in [0.15, 0.2) is 11.5 Å². The quantitative estimate of drug-likeness (QED) is 0.891. The maximum atomic E-state index is 12.0. The van der Waals surface area contributed by atoms with E-state index in [2.05, 4.69) is 5.32 Å². The number of methoxy groups -OCH3 is 3. The smallest absolute Gasteiger partial charge is 0.229 e. The van der Waals surface area contributed by atoms with E-state index >= 15 is 0 Å². The first-order chi connectivity index (χ1) is 10.2. The van der Waals surface area contributed by atoms with Crippen LogP contribution < -0.4 is 19.5 Å². The molecule has 0 aliphatic carbocycles. The minimum atomic E-state index is -0.0910. The van der Waals surface area contributed by atoms with Gasteiger partial charge in [0.1, 0.15) is 0 Å². The predicted molar refractivity (Wildman–Crippen MR) is 82.8 cm³/mol. The van der Waals surface area contributed by atoms with Crippen molar-refractivity contribution in [1.82, 2.24) is 0 Å². The minimum Gasteiger partial charge on any atom is -0.493 e. The second-order valence-corrected chi connectivity index (χ2v) is 5.25. The Kier molecular flexibility index (Phi) is 5.05. The zero-order valence-electron chi connectivity index (χ0n) is 12.1. The Morgan fingerprint density at radius 2 is 1.81 bits per heavy atom. The van der Waals surface area contributed by atoms with Gasteiger partial charge in [0, 0.05) is 22.7 Å². The molecule has 1 heterocycles. The van der Waals surface area contributed by atoms with Crippen molar-refractivity contribution in [3.8, 4) is 17.2 Å². The van der Waals surface area contributed by atoms with Crippen LogP contribution in [-0.2, 0) is 11.2 Å². The van der Waals surface area contributed by atoms with Gasteiger partial charge in [0.2, 0.25) is 11.7 Å². The molecule has 0 saturated heterocycles. The zero-order chi connectivity index (χ0) is 15.2. The number of anilines is 1. The predicted octanol–water partition coefficient (Wildman–Crippen LogP) is 2.96. The fourth-order valence-electron chi connectivity index (χ4n) is 1.93. The highest BCUT2D eigenvalue weighted by Crippen LogP contribution is 2.39. The van der Waals surface area contributed by atoms with Crippen LogP contribution >= 0.6 is 11.3 Å². The van der Waals surface area contributed by atoms with E-state index in [-0.39, 0.29) is 5.91 Å². The number of benzene rings is 1. The second kappa shape index (κ2) is 6.99. The number of hydrogen-bond donors (Lipinski definition) is 1. The van der Waals surface area contributed by atoms with Crippen molar-refractivity contribution < 1.29 is 19.0 Å². The van der Waals surface area contributed by atoms with Crippen molar-refractivity contribution in [1.29, 1.82) is 0 Å². The van der Waals surface area contributed by atoms with E-state index in [1.165, 1.54) is 21.3 Å². The topological polar surface area (TPSA) is 56.8 Å². The number of thiophene rings is 1. The lowest BCUT2D eigenvalue weighted by molar-refractivity contribution is -0.115. The van der Waals surface area contributed by atoms with Gasteiger partial charge in [-0.1, -0.05) is 6.07 Å². The standard InChI is InChI=1S/C15H17NO4S/c1-18-12-7-10(8-13(19-2)15(12)20-3)16-14(17)9-11-5-4-6-21-11/h4-8H,9H2,1-3H3,(H,16,17). The summed E-state index contributed by atoms with van der Waals surface area (Å²) < 4.78 is 15.7. The van der Waals surface area contributed by atoms with E-state index in [9.17, 15) is 4.79 Å². The Hall–Kier alpha value is -2.21. The van der Waals surface area contributed by atoms with E-state index < -0.39 is 0 Å². The largest absolute Gasteiger partial charge is 0.493 e. The molecule has 0 fully saturated rings. The van der Waals surface area contributed by atoms with Crippen LogP contribution in [0.3, 0.4) is 0 Å². The molecule has 2 rings (SSSR count). The lowest BCUT2D eigenvalue weighted by Crippen LogP contribution is -2.14. The average Bonchev–Trinajstić information content (AvgIpc) is 2.98. The van der Waals surface area contributed by atoms with Gasteiger partial charge in [-0.25, -0.2) is 0 Å². The van der Waals surface area contributed by atoms with Crippen LogP contribution in [0.25, 0.3) is 0 Å². The van der Waals surface area contributed by atoms with Gasteiger partial charge in [-0.15, -0.1) is 11.3 Å². The molecule has 1 aromatic carbocycles. The van der Waals surface area contributed by atoms with E-state index in [0.717, 1.165) is 4.88 Å². The van der Waals surface area contributed by atoms with Gasteiger partial charge in [-0.3, -0.25) is 4.79 Å². The van der Waals surface area contributed by atoms with Crippen molar-refractivity contribution in [2.24, 2.45) is 0 Å². The first-order valence-corrected chi connectivity index (χ1v) is 7.18. The van der Waals surface area contributed by atoms with Gasteiger partial charge < -0.3 is 19.5 Å². The summed E-state index contributed by atoms with van der Waals surface area (Å²) in [4.78, 5) is 13.0. The zero-order valence-corrected chi connectivity index (χ0v) is 13.0. The van der Waals surface area contributed by atoms with E-state index in [1.54, 1.807) is 23.5 Å². The highest BCUT2D eigenvalue weighted by molar-refractivity contribution is 7.10. The third kappa shape index (κ3) is 3.66. The Bertz CT molecular complexity index is 585. The van der Waals surface area contributed by atoms with Gasteiger partial charge in [0.05, 0.1) is 27.8 Å². The molecule has 0 bridgehead atoms. The summed E-state index contributed by atoms with van der Waals surface area (Å²) in [5.41, 5.74) is 0.603. The summed E-state index contributed by atoms with van der Waals surface area (Å²) in [5.74, 6) is 1.41. The van der Waals surface area contributed by atoms with Crippen molar-refractivity contribution >= 4 is 22.9 Å². The van der Waals surface area contributed by atoms with Crippen molar-refractivity contribution in [3.63, 3.8) is 0 Å². The molecule has 0 atom stereocenters. The maximum Gasteiger partial charge on any atom is 0.229 e. The summed E-state index contributed by atoms with van der Waals surface area (Å²) in [5, 5.41) is 4.78. The van der Waals surface area contributed by atoms with Gasteiger partial charge in [-0.05, 0) is 11.4 Å². The molecular weight excluding hydrogens is 290 g/mol. The highest BCUT2D eigenvalue weighted by Gasteiger charge is 2.14. The van der Waals surface area contributed by atoms with Crippen molar-refractivity contribution in [2.45, 2.75) is 6.42 Å². The molecule has 5 nitrogen and oxygen atoms in total. The average molecular weight is 307 g/mol. The fourth-order valence-corrected chi connectivity index (χ4v) is 2.63. The molecule has 0 aliphatic heterocycles. The Balaban J connectivity index is 2.17. The van der Waals surface area contributed by atoms with Gasteiger partial charge >= 0.3 is 0 Å². The van der Waals surface area contributed by atoms with Crippen molar-refractivity contribution in [2.75, 3.05) is 26.6 Å². The molecule has 0 unspecified atom stereocenters. The molecule has 1 aromatic heterocycles. The van der Waals surface area contributed by atoms with Gasteiger partial charge in [-0.2, -0.15) is 0 Å². The summed E-state index contributed by atoms with van der Waals surface area (Å²) in [6.07, 6.45) is 0.342. The highest BCUT2D eigenvalue weighted by atomic mass is 32.1. The second-order valence-electron chi connectivity index (χ2n) is 4.22. The summed E-state index contributed by atoms with van der Waals surface area (Å²) in [6.45, 7) is 0. The molecule has 21 heavy (non-hydrogen) atoms. The third-order valence-electron chi connectivity index (χ3n) is 2.86. The maximum absolute atomic E-state index is 12.0. The molecule has 0 spiro atoms. The molecule has 1 amide bonds. The monoisotopic (exact) mass is 307 g/mol. The summed E-state index contributed by atoms with van der Waals surface area (Å²) >= 11 is 1.55. The lowest BCUT2D eigenvalue weighted by Gasteiger charge is -2.14. The molecule has 0 radical (unpaired) electrons. The van der Waals surface area contributed by atoms with Crippen LogP contribution in [0, 0.1) is 0 Å². The van der Waals surface area contributed by atoms with E-state index in [4.69, 9.17) is 14.2 Å². The first-order valence-electron chi connectivity index (χ1n) is 6.30. The normalized spacial score (nSPS) is 10.0. The van der Waals surface area contributed by atoms with Crippen LogP contribution in [-0.4, -0.2) is 27.2 Å². The number of carbonyl (C=O) groups excluding carboxylic acids is 1. The number of nitrogens with one attached hydrogen (secondary N) is 1. The Morgan fingerprint density at radius 3 is 2.29 bits per heavy atom. The van der Waals surface area contributed by atoms with Crippen LogP contribution in [0.4, 0.5) is 5.69 Å². The van der Waals surface area contributed by atoms with Crippen LogP contribution in [0.5, 0.6) is 17.2 Å². The van der Waals surface area contributed by atoms with Crippen molar-refractivity contribution in [3.05, 3.63) is 34.5 Å². The SMILES string of the molecule is COc1cc(NC(=O)Cc2cccs2)cc(OC)c1OC. The molecule has 1 N–H and O–H groups in total. The molecule has 2 aromatic rings. The van der Waals surface area contributed by atoms with Gasteiger partial charge in [0.25, 0.3) is 0 Å². The number of hydrogen-bond acceptors (Lipinski definition) is 5. The van der Waals surface area contributed by atoms with E-state index in [0.29, 0.717) is 29.4 Å². The molecule has 112 valence electrons. The lowest BCUT2D eigenvalue weighted by atomic mass is 10.2.